The van der Waals surface area contributed by atoms with E-state index in [4.69, 9.17) is 5.84 Å². The van der Waals surface area contributed by atoms with Crippen molar-refractivity contribution in [2.75, 3.05) is 18.5 Å². The van der Waals surface area contributed by atoms with Crippen molar-refractivity contribution in [2.45, 2.75) is 19.5 Å². The van der Waals surface area contributed by atoms with Crippen LogP contribution < -0.4 is 11.3 Å². The molecule has 0 aliphatic rings. The molecule has 1 aromatic rings. The van der Waals surface area contributed by atoms with Gasteiger partial charge in [0.15, 0.2) is 5.82 Å². The minimum Gasteiger partial charge on any atom is -0.328 e. The maximum Gasteiger partial charge on any atom is 0.406 e. The highest BCUT2D eigenvalue weighted by Gasteiger charge is 2.33. The Morgan fingerprint density at radius 2 is 2.11 bits per heavy atom. The molecule has 1 amide bonds. The number of hydrazine groups is 1. The fourth-order valence-electron chi connectivity index (χ4n) is 1.41. The Morgan fingerprint density at radius 3 is 2.53 bits per heavy atom. The molecule has 0 saturated carbocycles. The normalized spacial score (nSPS) is 11.2. The van der Waals surface area contributed by atoms with Crippen molar-refractivity contribution in [3.63, 3.8) is 0 Å². The lowest BCUT2D eigenvalue weighted by Crippen LogP contribution is -2.39. The van der Waals surface area contributed by atoms with Crippen LogP contribution in [-0.4, -0.2) is 40.0 Å². The van der Waals surface area contributed by atoms with Gasteiger partial charge >= 0.3 is 6.18 Å². The Kier molecular flexibility index (Phi) is 5.04. The van der Waals surface area contributed by atoms with E-state index < -0.39 is 18.6 Å². The molecule has 0 unspecified atom stereocenters. The molecule has 0 aliphatic carbocycles. The number of nitrogens with one attached hydrogen (secondary N) is 1. The first-order valence-corrected chi connectivity index (χ1v) is 5.52. The summed E-state index contributed by atoms with van der Waals surface area (Å²) in [5.74, 6) is 4.48. The standard InChI is InChI=1S/C10H14F3N5O/c1-2-3-18(6-10(11,12)13)9(19)7-4-16-8(17-14)5-15-7/h4-5H,2-3,6,14H2,1H3,(H,16,17). The summed E-state index contributed by atoms with van der Waals surface area (Å²) < 4.78 is 37.1. The summed E-state index contributed by atoms with van der Waals surface area (Å²) in [6, 6.07) is 0. The second-order valence-corrected chi connectivity index (χ2v) is 3.77. The van der Waals surface area contributed by atoms with Crippen LogP contribution in [0.1, 0.15) is 23.8 Å². The number of anilines is 1. The molecule has 0 aromatic carbocycles. The Hall–Kier alpha value is -1.90. The number of hydrogen-bond acceptors (Lipinski definition) is 5. The maximum atomic E-state index is 12.4. The average molecular weight is 277 g/mol. The first-order chi connectivity index (χ1) is 8.87. The Morgan fingerprint density at radius 1 is 1.42 bits per heavy atom. The summed E-state index contributed by atoms with van der Waals surface area (Å²) in [5.41, 5.74) is 2.05. The molecule has 0 atom stereocenters. The zero-order valence-corrected chi connectivity index (χ0v) is 10.2. The fourth-order valence-corrected chi connectivity index (χ4v) is 1.41. The van der Waals surface area contributed by atoms with Gasteiger partial charge in [-0.25, -0.2) is 15.8 Å². The molecule has 106 valence electrons. The van der Waals surface area contributed by atoms with Crippen molar-refractivity contribution in [3.05, 3.63) is 18.1 Å². The summed E-state index contributed by atoms with van der Waals surface area (Å²) in [6.45, 7) is 0.374. The zero-order valence-electron chi connectivity index (χ0n) is 10.2. The van der Waals surface area contributed by atoms with E-state index in [-0.39, 0.29) is 18.1 Å². The summed E-state index contributed by atoms with van der Waals surface area (Å²) in [4.78, 5) is 20.0. The molecular formula is C10H14F3N5O. The maximum absolute atomic E-state index is 12.4. The third-order valence-electron chi connectivity index (χ3n) is 2.17. The quantitative estimate of drug-likeness (QED) is 0.623. The van der Waals surface area contributed by atoms with Crippen LogP contribution in [0, 0.1) is 0 Å². The van der Waals surface area contributed by atoms with Crippen LogP contribution in [-0.2, 0) is 0 Å². The lowest BCUT2D eigenvalue weighted by Gasteiger charge is -2.22. The highest BCUT2D eigenvalue weighted by molar-refractivity contribution is 5.92. The van der Waals surface area contributed by atoms with Gasteiger partial charge in [0.1, 0.15) is 12.2 Å². The van der Waals surface area contributed by atoms with Gasteiger partial charge in [-0.15, -0.1) is 0 Å². The number of hydrogen-bond donors (Lipinski definition) is 2. The fraction of sp³-hybridized carbons (Fsp3) is 0.500. The molecule has 0 fully saturated rings. The zero-order chi connectivity index (χ0) is 14.5. The molecular weight excluding hydrogens is 263 g/mol. The highest BCUT2D eigenvalue weighted by Crippen LogP contribution is 2.18. The number of nitrogens with zero attached hydrogens (tertiary/aromatic N) is 3. The Balaban J connectivity index is 2.85. The van der Waals surface area contributed by atoms with Crippen LogP contribution in [0.15, 0.2) is 12.4 Å². The van der Waals surface area contributed by atoms with Gasteiger partial charge in [0.2, 0.25) is 0 Å². The molecule has 0 aliphatic heterocycles. The highest BCUT2D eigenvalue weighted by atomic mass is 19.4. The average Bonchev–Trinajstić information content (AvgIpc) is 2.36. The predicted molar refractivity (Wildman–Crippen MR) is 62.1 cm³/mol. The van der Waals surface area contributed by atoms with Crippen molar-refractivity contribution in [3.8, 4) is 0 Å². The number of halogens is 3. The number of carbonyl (C=O) groups is 1. The molecule has 1 heterocycles. The molecule has 0 radical (unpaired) electrons. The molecule has 6 nitrogen and oxygen atoms in total. The summed E-state index contributed by atoms with van der Waals surface area (Å²) in [6.07, 6.45) is -1.78. The van der Waals surface area contributed by atoms with Crippen molar-refractivity contribution in [1.29, 1.82) is 0 Å². The van der Waals surface area contributed by atoms with Gasteiger partial charge < -0.3 is 10.3 Å². The van der Waals surface area contributed by atoms with Gasteiger partial charge in [0, 0.05) is 6.54 Å². The third kappa shape index (κ3) is 4.70. The van der Waals surface area contributed by atoms with E-state index in [2.05, 4.69) is 15.4 Å². The number of nitrogen functional groups attached to an aromatic ring is 1. The number of alkyl halides is 3. The van der Waals surface area contributed by atoms with Crippen LogP contribution >= 0.6 is 0 Å². The van der Waals surface area contributed by atoms with Crippen molar-refractivity contribution >= 4 is 11.7 Å². The minimum atomic E-state index is -4.45. The third-order valence-corrected chi connectivity index (χ3v) is 2.17. The van der Waals surface area contributed by atoms with E-state index in [9.17, 15) is 18.0 Å². The summed E-state index contributed by atoms with van der Waals surface area (Å²) >= 11 is 0. The molecule has 1 rings (SSSR count). The lowest BCUT2D eigenvalue weighted by atomic mass is 10.3. The van der Waals surface area contributed by atoms with Crippen molar-refractivity contribution in [2.24, 2.45) is 5.84 Å². The van der Waals surface area contributed by atoms with Crippen LogP contribution in [0.4, 0.5) is 19.0 Å². The predicted octanol–water partition coefficient (Wildman–Crippen LogP) is 1.18. The van der Waals surface area contributed by atoms with Crippen LogP contribution in [0.2, 0.25) is 0 Å². The number of nitrogens with two attached hydrogens (primary N) is 1. The van der Waals surface area contributed by atoms with E-state index >= 15 is 0 Å². The molecule has 0 saturated heterocycles. The smallest absolute Gasteiger partial charge is 0.328 e. The second-order valence-electron chi connectivity index (χ2n) is 3.77. The van der Waals surface area contributed by atoms with Gasteiger partial charge in [-0.3, -0.25) is 4.79 Å². The monoisotopic (exact) mass is 277 g/mol. The van der Waals surface area contributed by atoms with Crippen LogP contribution in [0.3, 0.4) is 0 Å². The van der Waals surface area contributed by atoms with E-state index in [1.54, 1.807) is 6.92 Å². The Bertz CT molecular complexity index is 420. The number of carbonyl (C=O) groups excluding carboxylic acids is 1. The first-order valence-electron chi connectivity index (χ1n) is 5.52. The van der Waals surface area contributed by atoms with E-state index in [0.717, 1.165) is 6.20 Å². The first kappa shape index (κ1) is 15.2. The largest absolute Gasteiger partial charge is 0.406 e. The summed E-state index contributed by atoms with van der Waals surface area (Å²) in [7, 11) is 0. The number of aromatic nitrogens is 2. The van der Waals surface area contributed by atoms with Crippen molar-refractivity contribution < 1.29 is 18.0 Å². The van der Waals surface area contributed by atoms with Crippen LogP contribution in [0.25, 0.3) is 0 Å². The van der Waals surface area contributed by atoms with E-state index in [1.807, 2.05) is 0 Å². The molecule has 3 N–H and O–H groups in total. The van der Waals surface area contributed by atoms with E-state index in [1.165, 1.54) is 6.20 Å². The topological polar surface area (TPSA) is 84.1 Å². The molecule has 0 bridgehead atoms. The SMILES string of the molecule is CCCN(CC(F)(F)F)C(=O)c1cnc(NN)cn1. The molecule has 0 spiro atoms. The van der Waals surface area contributed by atoms with Crippen LogP contribution in [0.5, 0.6) is 0 Å². The van der Waals surface area contributed by atoms with E-state index in [0.29, 0.717) is 11.3 Å². The van der Waals surface area contributed by atoms with Gasteiger partial charge in [-0.2, -0.15) is 13.2 Å². The van der Waals surface area contributed by atoms with Crippen molar-refractivity contribution in [1.82, 2.24) is 14.9 Å². The molecule has 1 aromatic heterocycles. The van der Waals surface area contributed by atoms with Gasteiger partial charge in [-0.1, -0.05) is 6.92 Å². The Labute approximate surface area is 107 Å². The number of amides is 1. The molecule has 19 heavy (non-hydrogen) atoms. The lowest BCUT2D eigenvalue weighted by molar-refractivity contribution is -0.140. The number of rotatable bonds is 5. The molecule has 9 heteroatoms. The summed E-state index contributed by atoms with van der Waals surface area (Å²) in [5, 5.41) is 0. The van der Waals surface area contributed by atoms with Gasteiger partial charge in [0.05, 0.1) is 12.4 Å². The minimum absolute atomic E-state index is 0.00306. The second kappa shape index (κ2) is 6.32. The van der Waals surface area contributed by atoms with Gasteiger partial charge in [-0.05, 0) is 6.42 Å². The van der Waals surface area contributed by atoms with Gasteiger partial charge in [0.25, 0.3) is 5.91 Å².